The lowest BCUT2D eigenvalue weighted by Crippen LogP contribution is -2.33. The summed E-state index contributed by atoms with van der Waals surface area (Å²) in [5.74, 6) is -1.13. The van der Waals surface area contributed by atoms with Gasteiger partial charge in [-0.25, -0.2) is 0 Å². The van der Waals surface area contributed by atoms with Gasteiger partial charge in [0, 0.05) is 6.54 Å². The minimum Gasteiger partial charge on any atom is -0.480 e. The summed E-state index contributed by atoms with van der Waals surface area (Å²) in [6.45, 7) is 2.00. The highest BCUT2D eigenvalue weighted by molar-refractivity contribution is 5.74. The van der Waals surface area contributed by atoms with E-state index in [1.54, 1.807) is 6.92 Å². The molecular weight excluding hydrogens is 137 g/mol. The van der Waals surface area contributed by atoms with Crippen LogP contribution < -0.4 is 0 Å². The molecule has 58 valence electrons. The van der Waals surface area contributed by atoms with Crippen LogP contribution in [0.15, 0.2) is 0 Å². The Labute approximate surface area is 58.4 Å². The Balaban J connectivity index is 2.63. The zero-order valence-electron chi connectivity index (χ0n) is 5.75. The largest absolute Gasteiger partial charge is 0.480 e. The van der Waals surface area contributed by atoms with Crippen LogP contribution in [0, 0.1) is 5.92 Å². The van der Waals surface area contributed by atoms with Crippen LogP contribution in [0.25, 0.3) is 0 Å². The number of carbonyl (C=O) groups is 1. The average molecular weight is 147 g/mol. The number of carboxylic acids is 1. The van der Waals surface area contributed by atoms with Crippen LogP contribution in [-0.2, 0) is 4.79 Å². The van der Waals surface area contributed by atoms with E-state index in [0.29, 0.717) is 11.5 Å². The molecule has 0 aromatic heterocycles. The first-order chi connectivity index (χ1) is 4.63. The van der Waals surface area contributed by atoms with Crippen LogP contribution >= 0.6 is 0 Å². The second kappa shape index (κ2) is 2.54. The van der Waals surface area contributed by atoms with E-state index in [9.17, 15) is 9.28 Å². The Morgan fingerprint density at radius 1 is 1.80 bits per heavy atom. The van der Waals surface area contributed by atoms with Crippen molar-refractivity contribution >= 4 is 5.97 Å². The first-order valence-electron chi connectivity index (χ1n) is 3.28. The number of halogens is 1. The molecule has 1 rings (SSSR count). The Hall–Kier alpha value is -0.640. The fourth-order valence-electron chi connectivity index (χ4n) is 1.26. The maximum absolute atomic E-state index is 12.5. The van der Waals surface area contributed by atoms with E-state index in [1.165, 1.54) is 0 Å². The SMILES string of the molecule is CC1CCN(F)[C@@H]1C(=O)O. The van der Waals surface area contributed by atoms with Gasteiger partial charge in [0.1, 0.15) is 6.04 Å². The summed E-state index contributed by atoms with van der Waals surface area (Å²) in [6, 6.07) is -0.917. The summed E-state index contributed by atoms with van der Waals surface area (Å²) in [6.07, 6.45) is 0.632. The highest BCUT2D eigenvalue weighted by Gasteiger charge is 2.37. The Morgan fingerprint density at radius 2 is 2.40 bits per heavy atom. The summed E-state index contributed by atoms with van der Waals surface area (Å²) in [4.78, 5) is 10.3. The zero-order chi connectivity index (χ0) is 7.72. The molecule has 0 radical (unpaired) electrons. The summed E-state index contributed by atoms with van der Waals surface area (Å²) < 4.78 is 12.5. The topological polar surface area (TPSA) is 40.5 Å². The smallest absolute Gasteiger partial charge is 0.323 e. The standard InChI is InChI=1S/C6H10FNO2/c1-4-2-3-8(7)5(4)6(9)10/h4-5H,2-3H2,1H3,(H,9,10)/t4?,5-/m0/s1. The summed E-state index contributed by atoms with van der Waals surface area (Å²) in [5, 5.41) is 8.87. The molecule has 10 heavy (non-hydrogen) atoms. The molecule has 0 aliphatic carbocycles. The average Bonchev–Trinajstić information content (AvgIpc) is 2.11. The Morgan fingerprint density at radius 3 is 2.60 bits per heavy atom. The molecule has 3 nitrogen and oxygen atoms in total. The molecule has 0 aromatic carbocycles. The van der Waals surface area contributed by atoms with Crippen molar-refractivity contribution in [2.75, 3.05) is 6.54 Å². The van der Waals surface area contributed by atoms with E-state index in [2.05, 4.69) is 0 Å². The van der Waals surface area contributed by atoms with Crippen molar-refractivity contribution in [2.24, 2.45) is 5.92 Å². The van der Waals surface area contributed by atoms with Crippen LogP contribution in [0.1, 0.15) is 13.3 Å². The van der Waals surface area contributed by atoms with Gasteiger partial charge >= 0.3 is 5.97 Å². The third kappa shape index (κ3) is 1.11. The Kier molecular flexibility index (Phi) is 1.89. The molecule has 0 aromatic rings. The molecule has 1 heterocycles. The van der Waals surface area contributed by atoms with Gasteiger partial charge in [-0.15, -0.1) is 9.60 Å². The monoisotopic (exact) mass is 147 g/mol. The number of hydrogen-bond donors (Lipinski definition) is 1. The molecule has 0 bridgehead atoms. The predicted molar refractivity (Wildman–Crippen MR) is 33.0 cm³/mol. The highest BCUT2D eigenvalue weighted by atomic mass is 19.2. The molecule has 2 atom stereocenters. The predicted octanol–water partition coefficient (Wildman–Crippen LogP) is 0.666. The minimum absolute atomic E-state index is 0.0671. The molecule has 1 saturated heterocycles. The highest BCUT2D eigenvalue weighted by Crippen LogP contribution is 2.23. The summed E-state index contributed by atoms with van der Waals surface area (Å²) in [7, 11) is 0. The quantitative estimate of drug-likeness (QED) is 0.554. The number of aliphatic carboxylic acids is 1. The van der Waals surface area contributed by atoms with Gasteiger partial charge in [-0.05, 0) is 12.3 Å². The molecule has 4 heteroatoms. The van der Waals surface area contributed by atoms with Gasteiger partial charge in [0.15, 0.2) is 0 Å². The molecule has 1 aliphatic rings. The van der Waals surface area contributed by atoms with Gasteiger partial charge in [-0.1, -0.05) is 6.92 Å². The fourth-order valence-corrected chi connectivity index (χ4v) is 1.26. The van der Waals surface area contributed by atoms with Gasteiger partial charge in [0.2, 0.25) is 0 Å². The number of nitrogens with zero attached hydrogens (tertiary/aromatic N) is 1. The lowest BCUT2D eigenvalue weighted by Gasteiger charge is -2.12. The van der Waals surface area contributed by atoms with Crippen LogP contribution in [0.3, 0.4) is 0 Å². The van der Waals surface area contributed by atoms with Gasteiger partial charge < -0.3 is 5.11 Å². The van der Waals surface area contributed by atoms with Crippen molar-refractivity contribution in [2.45, 2.75) is 19.4 Å². The van der Waals surface area contributed by atoms with E-state index in [4.69, 9.17) is 5.11 Å². The second-order valence-corrected chi connectivity index (χ2v) is 2.67. The van der Waals surface area contributed by atoms with Gasteiger partial charge in [0.05, 0.1) is 0 Å². The van der Waals surface area contributed by atoms with E-state index >= 15 is 0 Å². The van der Waals surface area contributed by atoms with Crippen molar-refractivity contribution in [3.8, 4) is 0 Å². The van der Waals surface area contributed by atoms with E-state index in [0.717, 1.165) is 0 Å². The maximum Gasteiger partial charge on any atom is 0.323 e. The molecule has 1 N–H and O–H groups in total. The lowest BCUT2D eigenvalue weighted by atomic mass is 10.0. The normalized spacial score (nSPS) is 34.6. The molecule has 1 unspecified atom stereocenters. The van der Waals surface area contributed by atoms with Crippen molar-refractivity contribution in [1.82, 2.24) is 5.12 Å². The van der Waals surface area contributed by atoms with Crippen molar-refractivity contribution in [3.63, 3.8) is 0 Å². The molecule has 0 amide bonds. The number of rotatable bonds is 1. The van der Waals surface area contributed by atoms with Crippen molar-refractivity contribution in [1.29, 1.82) is 0 Å². The molecular formula is C6H10FNO2. The summed E-state index contributed by atoms with van der Waals surface area (Å²) in [5.41, 5.74) is 0. The van der Waals surface area contributed by atoms with Gasteiger partial charge in [-0.2, -0.15) is 0 Å². The number of hydrogen-bond acceptors (Lipinski definition) is 2. The third-order valence-electron chi connectivity index (χ3n) is 1.89. The first-order valence-corrected chi connectivity index (χ1v) is 3.28. The van der Waals surface area contributed by atoms with Crippen LogP contribution in [0.4, 0.5) is 4.48 Å². The number of carboxylic acid groups (broad SMARTS) is 1. The molecule has 1 aliphatic heterocycles. The zero-order valence-corrected chi connectivity index (χ0v) is 5.75. The second-order valence-electron chi connectivity index (χ2n) is 2.67. The van der Waals surface area contributed by atoms with Gasteiger partial charge in [0.25, 0.3) is 0 Å². The van der Waals surface area contributed by atoms with Crippen LogP contribution in [0.5, 0.6) is 0 Å². The van der Waals surface area contributed by atoms with Crippen molar-refractivity contribution in [3.05, 3.63) is 0 Å². The minimum atomic E-state index is -1.06. The van der Waals surface area contributed by atoms with E-state index in [-0.39, 0.29) is 12.5 Å². The molecule has 0 saturated carbocycles. The van der Waals surface area contributed by atoms with Gasteiger partial charge in [-0.3, -0.25) is 4.79 Å². The molecule has 1 fully saturated rings. The molecule has 0 spiro atoms. The van der Waals surface area contributed by atoms with Crippen LogP contribution in [0.2, 0.25) is 0 Å². The van der Waals surface area contributed by atoms with E-state index < -0.39 is 12.0 Å². The Bertz CT molecular complexity index is 141. The third-order valence-corrected chi connectivity index (χ3v) is 1.89. The van der Waals surface area contributed by atoms with Crippen molar-refractivity contribution < 1.29 is 14.4 Å². The van der Waals surface area contributed by atoms with Crippen LogP contribution in [-0.4, -0.2) is 28.8 Å². The maximum atomic E-state index is 12.5. The van der Waals surface area contributed by atoms with E-state index in [1.807, 2.05) is 0 Å². The fraction of sp³-hybridized carbons (Fsp3) is 0.833. The first kappa shape index (κ1) is 7.47. The summed E-state index contributed by atoms with van der Waals surface area (Å²) >= 11 is 0. The lowest BCUT2D eigenvalue weighted by molar-refractivity contribution is -0.149.